The molecule has 7 heteroatoms. The van der Waals surface area contributed by atoms with Gasteiger partial charge in [-0.15, -0.1) is 10.2 Å². The maximum atomic E-state index is 12.8. The van der Waals surface area contributed by atoms with Gasteiger partial charge in [0.1, 0.15) is 5.69 Å². The van der Waals surface area contributed by atoms with E-state index in [1.54, 1.807) is 6.92 Å². The third-order valence-corrected chi connectivity index (χ3v) is 5.93. The van der Waals surface area contributed by atoms with Crippen molar-refractivity contribution in [3.63, 3.8) is 0 Å². The summed E-state index contributed by atoms with van der Waals surface area (Å²) in [6, 6.07) is 9.68. The Kier molecular flexibility index (Phi) is 6.49. The Balaban J connectivity index is 1.54. The van der Waals surface area contributed by atoms with E-state index >= 15 is 0 Å². The third kappa shape index (κ3) is 5.03. The van der Waals surface area contributed by atoms with Crippen molar-refractivity contribution >= 4 is 5.91 Å². The first-order chi connectivity index (χ1) is 15.1. The molecule has 31 heavy (non-hydrogen) atoms. The van der Waals surface area contributed by atoms with Gasteiger partial charge in [0.25, 0.3) is 11.8 Å². The lowest BCUT2D eigenvalue weighted by Gasteiger charge is -2.15. The van der Waals surface area contributed by atoms with E-state index in [9.17, 15) is 4.79 Å². The van der Waals surface area contributed by atoms with Crippen LogP contribution in [0.5, 0.6) is 0 Å². The van der Waals surface area contributed by atoms with Crippen molar-refractivity contribution < 1.29 is 9.21 Å². The molecule has 164 valence electrons. The smallest absolute Gasteiger partial charge is 0.268 e. The molecule has 2 heterocycles. The number of nitrogens with one attached hydrogen (secondary N) is 1. The topological polar surface area (TPSA) is 85.8 Å². The second-order valence-electron chi connectivity index (χ2n) is 8.44. The van der Waals surface area contributed by atoms with E-state index in [1.807, 2.05) is 35.0 Å². The van der Waals surface area contributed by atoms with Gasteiger partial charge in [0, 0.05) is 30.6 Å². The molecule has 1 atom stereocenters. The van der Waals surface area contributed by atoms with Crippen LogP contribution in [0.3, 0.4) is 0 Å². The van der Waals surface area contributed by atoms with Crippen molar-refractivity contribution in [3.8, 4) is 17.3 Å². The number of benzene rings is 1. The lowest BCUT2D eigenvalue weighted by molar-refractivity contribution is 0.0945. The van der Waals surface area contributed by atoms with Crippen LogP contribution >= 0.6 is 0 Å². The molecule has 0 radical (unpaired) electrons. The number of nitrogens with zero attached hydrogens (tertiary/aromatic N) is 4. The van der Waals surface area contributed by atoms with Crippen LogP contribution < -0.4 is 5.32 Å². The predicted octanol–water partition coefficient (Wildman–Crippen LogP) is 5.05. The molecule has 4 rings (SSSR count). The molecule has 0 aliphatic heterocycles. The number of carbonyl (C=O) groups excluding carboxylic acids is 1. The molecule has 1 fully saturated rings. The van der Waals surface area contributed by atoms with Crippen molar-refractivity contribution in [1.82, 2.24) is 25.3 Å². The lowest BCUT2D eigenvalue weighted by Crippen LogP contribution is -2.29. The SMILES string of the molecule is CCCC[C@@H](CC)CNC(=O)c1cccc(-n2nc(-c3nnc(C)o3)cc2C2CC2)c1. The number of rotatable bonds is 10. The Morgan fingerprint density at radius 2 is 2.10 bits per heavy atom. The van der Waals surface area contributed by atoms with Gasteiger partial charge in [-0.1, -0.05) is 39.2 Å². The van der Waals surface area contributed by atoms with Crippen LogP contribution in [0.1, 0.15) is 80.2 Å². The summed E-state index contributed by atoms with van der Waals surface area (Å²) in [5.41, 5.74) is 3.30. The molecule has 7 nitrogen and oxygen atoms in total. The summed E-state index contributed by atoms with van der Waals surface area (Å²) >= 11 is 0. The molecule has 3 aromatic rings. The van der Waals surface area contributed by atoms with Gasteiger partial charge in [-0.25, -0.2) is 4.68 Å². The first-order valence-corrected chi connectivity index (χ1v) is 11.4. The van der Waals surface area contributed by atoms with E-state index in [0.29, 0.717) is 34.9 Å². The standard InChI is InChI=1S/C24H31N5O2/c1-4-6-8-17(5-2)15-25-23(30)19-9-7-10-20(13-19)29-22(18-11-12-18)14-21(28-29)24-27-26-16(3)31-24/h7,9-10,13-14,17-18H,4-6,8,11-12,15H2,1-3H3,(H,25,30)/t17-/m1/s1. The fourth-order valence-electron chi connectivity index (χ4n) is 3.84. The molecule has 0 saturated heterocycles. The predicted molar refractivity (Wildman–Crippen MR) is 119 cm³/mol. The van der Waals surface area contributed by atoms with E-state index in [4.69, 9.17) is 9.52 Å². The molecule has 1 aliphatic rings. The molecule has 1 amide bonds. The van der Waals surface area contributed by atoms with Gasteiger partial charge >= 0.3 is 0 Å². The van der Waals surface area contributed by atoms with Crippen LogP contribution in [0.15, 0.2) is 34.7 Å². The molecule has 0 unspecified atom stereocenters. The highest BCUT2D eigenvalue weighted by molar-refractivity contribution is 5.94. The average Bonchev–Trinajstić information content (AvgIpc) is 3.39. The highest BCUT2D eigenvalue weighted by atomic mass is 16.4. The number of amides is 1. The third-order valence-electron chi connectivity index (χ3n) is 5.93. The van der Waals surface area contributed by atoms with Crippen LogP contribution in [0, 0.1) is 12.8 Å². The Labute approximate surface area is 183 Å². The minimum absolute atomic E-state index is 0.0373. The maximum Gasteiger partial charge on any atom is 0.268 e. The van der Waals surface area contributed by atoms with E-state index < -0.39 is 0 Å². The Hall–Kier alpha value is -2.96. The monoisotopic (exact) mass is 421 g/mol. The summed E-state index contributed by atoms with van der Waals surface area (Å²) < 4.78 is 7.48. The van der Waals surface area contributed by atoms with Crippen molar-refractivity contribution in [2.75, 3.05) is 6.54 Å². The van der Waals surface area contributed by atoms with Crippen molar-refractivity contribution in [1.29, 1.82) is 0 Å². The summed E-state index contributed by atoms with van der Waals surface area (Å²) in [5.74, 6) is 1.90. The molecular weight excluding hydrogens is 390 g/mol. The highest BCUT2D eigenvalue weighted by Crippen LogP contribution is 2.42. The second-order valence-corrected chi connectivity index (χ2v) is 8.44. The van der Waals surface area contributed by atoms with Gasteiger partial charge in [0.2, 0.25) is 5.89 Å². The first kappa shape index (κ1) is 21.3. The molecule has 1 aliphatic carbocycles. The zero-order valence-corrected chi connectivity index (χ0v) is 18.6. The Morgan fingerprint density at radius 3 is 2.77 bits per heavy atom. The Morgan fingerprint density at radius 1 is 1.26 bits per heavy atom. The van der Waals surface area contributed by atoms with Gasteiger partial charge in [-0.3, -0.25) is 4.79 Å². The Bertz CT molecular complexity index is 1030. The largest absolute Gasteiger partial charge is 0.420 e. The molecule has 1 aromatic carbocycles. The normalized spacial score (nSPS) is 14.5. The number of hydrogen-bond donors (Lipinski definition) is 1. The minimum atomic E-state index is -0.0373. The maximum absolute atomic E-state index is 12.8. The van der Waals surface area contributed by atoms with Gasteiger partial charge < -0.3 is 9.73 Å². The molecule has 1 saturated carbocycles. The molecule has 0 spiro atoms. The van der Waals surface area contributed by atoms with Gasteiger partial charge in [0.05, 0.1) is 5.69 Å². The summed E-state index contributed by atoms with van der Waals surface area (Å²) in [4.78, 5) is 12.8. The molecule has 1 N–H and O–H groups in total. The summed E-state index contributed by atoms with van der Waals surface area (Å²) in [5, 5.41) is 15.9. The minimum Gasteiger partial charge on any atom is -0.420 e. The highest BCUT2D eigenvalue weighted by Gasteiger charge is 2.30. The van der Waals surface area contributed by atoms with Gasteiger partial charge in [-0.2, -0.15) is 5.10 Å². The van der Waals surface area contributed by atoms with Crippen LogP contribution in [0.25, 0.3) is 17.3 Å². The summed E-state index contributed by atoms with van der Waals surface area (Å²) in [6.45, 7) is 6.87. The molecular formula is C24H31N5O2. The van der Waals surface area contributed by atoms with Crippen LogP contribution in [-0.4, -0.2) is 32.4 Å². The summed E-state index contributed by atoms with van der Waals surface area (Å²) in [6.07, 6.45) is 6.91. The fraction of sp³-hybridized carbons (Fsp3) is 0.500. The van der Waals surface area contributed by atoms with Gasteiger partial charge in [0.15, 0.2) is 0 Å². The van der Waals surface area contributed by atoms with Crippen LogP contribution in [0.4, 0.5) is 0 Å². The average molecular weight is 422 g/mol. The van der Waals surface area contributed by atoms with E-state index in [-0.39, 0.29) is 5.91 Å². The number of hydrogen-bond acceptors (Lipinski definition) is 5. The molecule has 2 aromatic heterocycles. The fourth-order valence-corrected chi connectivity index (χ4v) is 3.84. The number of unbranched alkanes of at least 4 members (excludes halogenated alkanes) is 1. The molecule has 0 bridgehead atoms. The van der Waals surface area contributed by atoms with E-state index in [0.717, 1.165) is 43.6 Å². The number of aryl methyl sites for hydroxylation is 1. The lowest BCUT2D eigenvalue weighted by atomic mass is 9.99. The second kappa shape index (κ2) is 9.45. The van der Waals surface area contributed by atoms with Crippen molar-refractivity contribution in [2.45, 2.75) is 65.2 Å². The first-order valence-electron chi connectivity index (χ1n) is 11.4. The van der Waals surface area contributed by atoms with E-state index in [1.165, 1.54) is 12.8 Å². The van der Waals surface area contributed by atoms with E-state index in [2.05, 4.69) is 29.4 Å². The van der Waals surface area contributed by atoms with Crippen LogP contribution in [0.2, 0.25) is 0 Å². The zero-order chi connectivity index (χ0) is 21.8. The summed E-state index contributed by atoms with van der Waals surface area (Å²) in [7, 11) is 0. The van der Waals surface area contributed by atoms with Crippen molar-refractivity contribution in [2.24, 2.45) is 5.92 Å². The number of carbonyl (C=O) groups is 1. The zero-order valence-electron chi connectivity index (χ0n) is 18.6. The number of aromatic nitrogens is 4. The van der Waals surface area contributed by atoms with Gasteiger partial charge in [-0.05, 0) is 49.4 Å². The van der Waals surface area contributed by atoms with Crippen LogP contribution in [-0.2, 0) is 0 Å². The quantitative estimate of drug-likeness (QED) is 0.495. The van der Waals surface area contributed by atoms with Crippen molar-refractivity contribution in [3.05, 3.63) is 47.5 Å².